The van der Waals surface area contributed by atoms with Gasteiger partial charge in [-0.1, -0.05) is 50.1 Å². The van der Waals surface area contributed by atoms with E-state index in [2.05, 4.69) is 5.10 Å². The van der Waals surface area contributed by atoms with Crippen LogP contribution in [-0.4, -0.2) is 15.7 Å². The first-order valence-electron chi connectivity index (χ1n) is 9.12. The molecule has 0 atom stereocenters. The smallest absolute Gasteiger partial charge is 0.359 e. The molecule has 3 aromatic rings. The van der Waals surface area contributed by atoms with Crippen molar-refractivity contribution in [1.82, 2.24) is 9.78 Å². The Balaban J connectivity index is 1.92. The highest BCUT2D eigenvalue weighted by molar-refractivity contribution is 6.02. The Morgan fingerprint density at radius 2 is 1.82 bits per heavy atom. The molecule has 0 radical (unpaired) electrons. The third-order valence-corrected chi connectivity index (χ3v) is 4.42. The summed E-state index contributed by atoms with van der Waals surface area (Å²) in [6.07, 6.45) is 2.67. The van der Waals surface area contributed by atoms with E-state index in [0.29, 0.717) is 17.3 Å². The lowest BCUT2D eigenvalue weighted by molar-refractivity contribution is 0.0460. The van der Waals surface area contributed by atoms with Crippen molar-refractivity contribution in [2.24, 2.45) is 0 Å². The summed E-state index contributed by atoms with van der Waals surface area (Å²) in [4.78, 5) is 25.2. The van der Waals surface area contributed by atoms with Crippen molar-refractivity contribution in [2.75, 3.05) is 0 Å². The van der Waals surface area contributed by atoms with Crippen LogP contribution in [0.25, 0.3) is 10.8 Å². The molecule has 7 heteroatoms. The van der Waals surface area contributed by atoms with Crippen LogP contribution < -0.4 is 5.56 Å². The molecular formula is C21H20F2N2O3. The molecule has 1 aromatic heterocycles. The summed E-state index contributed by atoms with van der Waals surface area (Å²) in [5.41, 5.74) is -0.378. The van der Waals surface area contributed by atoms with Crippen LogP contribution >= 0.6 is 0 Å². The minimum absolute atomic E-state index is 0.0245. The summed E-state index contributed by atoms with van der Waals surface area (Å²) >= 11 is 0. The number of halogens is 2. The molecule has 146 valence electrons. The molecule has 0 aliphatic carbocycles. The van der Waals surface area contributed by atoms with Gasteiger partial charge in [0.05, 0.1) is 5.39 Å². The van der Waals surface area contributed by atoms with Gasteiger partial charge in [0.2, 0.25) is 0 Å². The van der Waals surface area contributed by atoms with E-state index in [9.17, 15) is 18.4 Å². The highest BCUT2D eigenvalue weighted by Crippen LogP contribution is 2.17. The lowest BCUT2D eigenvalue weighted by atomic mass is 10.1. The molecule has 0 fully saturated rings. The van der Waals surface area contributed by atoms with Gasteiger partial charge in [-0.25, -0.2) is 18.3 Å². The molecule has 0 amide bonds. The van der Waals surface area contributed by atoms with Crippen molar-refractivity contribution in [3.8, 4) is 0 Å². The summed E-state index contributed by atoms with van der Waals surface area (Å²) < 4.78 is 33.5. The van der Waals surface area contributed by atoms with E-state index < -0.39 is 24.2 Å². The van der Waals surface area contributed by atoms with Gasteiger partial charge in [0.1, 0.15) is 6.61 Å². The Morgan fingerprint density at radius 3 is 2.57 bits per heavy atom. The number of carbonyl (C=O) groups excluding carboxylic acids is 1. The lowest BCUT2D eigenvalue weighted by Crippen LogP contribution is -2.26. The largest absolute Gasteiger partial charge is 0.456 e. The minimum Gasteiger partial charge on any atom is -0.456 e. The number of hydrogen-bond donors (Lipinski definition) is 0. The van der Waals surface area contributed by atoms with E-state index in [1.54, 1.807) is 24.3 Å². The van der Waals surface area contributed by atoms with Crippen LogP contribution in [0.3, 0.4) is 0 Å². The molecule has 0 bridgehead atoms. The molecule has 1 heterocycles. The summed E-state index contributed by atoms with van der Waals surface area (Å²) in [7, 11) is 0. The maximum absolute atomic E-state index is 13.8. The molecule has 0 unspecified atom stereocenters. The zero-order valence-corrected chi connectivity index (χ0v) is 15.5. The van der Waals surface area contributed by atoms with Crippen LogP contribution in [0.2, 0.25) is 0 Å². The molecule has 0 saturated carbocycles. The van der Waals surface area contributed by atoms with E-state index >= 15 is 0 Å². The number of nitrogens with zero attached hydrogens (tertiary/aromatic N) is 2. The number of ether oxygens (including phenoxy) is 1. The number of aryl methyl sites for hydroxylation is 1. The summed E-state index contributed by atoms with van der Waals surface area (Å²) in [6, 6.07) is 10.3. The number of esters is 1. The fourth-order valence-corrected chi connectivity index (χ4v) is 2.92. The number of rotatable bonds is 7. The van der Waals surface area contributed by atoms with Crippen molar-refractivity contribution in [2.45, 2.75) is 39.3 Å². The lowest BCUT2D eigenvalue weighted by Gasteiger charge is -2.11. The number of fused-ring (bicyclic) bond motifs is 1. The molecule has 0 spiro atoms. The molecule has 0 aliphatic rings. The Hall–Kier alpha value is -3.09. The van der Waals surface area contributed by atoms with Crippen molar-refractivity contribution in [3.63, 3.8) is 0 Å². The Labute approximate surface area is 160 Å². The first-order chi connectivity index (χ1) is 13.5. The van der Waals surface area contributed by atoms with Gasteiger partial charge in [0.15, 0.2) is 17.3 Å². The zero-order valence-electron chi connectivity index (χ0n) is 15.5. The van der Waals surface area contributed by atoms with Gasteiger partial charge in [-0.05, 0) is 18.6 Å². The predicted molar refractivity (Wildman–Crippen MR) is 101 cm³/mol. The summed E-state index contributed by atoms with van der Waals surface area (Å²) in [5, 5.41) is 4.91. The van der Waals surface area contributed by atoms with E-state index in [1.807, 2.05) is 6.92 Å². The van der Waals surface area contributed by atoms with Crippen LogP contribution in [0.1, 0.15) is 42.2 Å². The minimum atomic E-state index is -1.06. The quantitative estimate of drug-likeness (QED) is 0.451. The van der Waals surface area contributed by atoms with E-state index in [-0.39, 0.29) is 16.8 Å². The molecule has 2 aromatic carbocycles. The molecule has 0 N–H and O–H groups in total. The van der Waals surface area contributed by atoms with Crippen molar-refractivity contribution in [1.29, 1.82) is 0 Å². The molecular weight excluding hydrogens is 366 g/mol. The Bertz CT molecular complexity index is 1060. The number of hydrogen-bond acceptors (Lipinski definition) is 4. The fraction of sp³-hybridized carbons (Fsp3) is 0.286. The average Bonchev–Trinajstić information content (AvgIpc) is 2.71. The van der Waals surface area contributed by atoms with Gasteiger partial charge < -0.3 is 4.74 Å². The second kappa shape index (κ2) is 8.73. The second-order valence-corrected chi connectivity index (χ2v) is 6.42. The highest BCUT2D eigenvalue weighted by atomic mass is 19.2. The highest BCUT2D eigenvalue weighted by Gasteiger charge is 2.19. The molecule has 28 heavy (non-hydrogen) atoms. The molecule has 0 aliphatic heterocycles. The third-order valence-electron chi connectivity index (χ3n) is 4.42. The van der Waals surface area contributed by atoms with Crippen LogP contribution in [0.5, 0.6) is 0 Å². The van der Waals surface area contributed by atoms with Crippen LogP contribution in [0, 0.1) is 11.6 Å². The topological polar surface area (TPSA) is 61.2 Å². The standard InChI is InChI=1S/C21H20F2N2O3/c1-2-3-6-12-25-20(26)16-10-5-4-9-15(16)19(24-25)21(27)28-13-14-8-7-11-17(22)18(14)23/h4-5,7-11H,2-3,6,12-13H2,1H3. The van der Waals surface area contributed by atoms with E-state index in [1.165, 1.54) is 16.8 Å². The molecule has 0 saturated heterocycles. The Morgan fingerprint density at radius 1 is 1.07 bits per heavy atom. The number of aromatic nitrogens is 2. The van der Waals surface area contributed by atoms with Gasteiger partial charge >= 0.3 is 5.97 Å². The average molecular weight is 386 g/mol. The maximum atomic E-state index is 13.8. The van der Waals surface area contributed by atoms with Gasteiger partial charge in [0, 0.05) is 17.5 Å². The van der Waals surface area contributed by atoms with Crippen LogP contribution in [-0.2, 0) is 17.9 Å². The molecule has 3 rings (SSSR count). The fourth-order valence-electron chi connectivity index (χ4n) is 2.92. The van der Waals surface area contributed by atoms with E-state index in [0.717, 1.165) is 25.3 Å². The Kier molecular flexibility index (Phi) is 6.13. The van der Waals surface area contributed by atoms with Crippen molar-refractivity contribution in [3.05, 3.63) is 75.7 Å². The normalized spacial score (nSPS) is 11.0. The number of unbranched alkanes of at least 4 members (excludes halogenated alkanes) is 2. The third kappa shape index (κ3) is 4.08. The zero-order chi connectivity index (χ0) is 20.1. The van der Waals surface area contributed by atoms with Gasteiger partial charge in [-0.15, -0.1) is 0 Å². The summed E-state index contributed by atoms with van der Waals surface area (Å²) in [5.74, 6) is -2.87. The maximum Gasteiger partial charge on any atom is 0.359 e. The van der Waals surface area contributed by atoms with Gasteiger partial charge in [-0.3, -0.25) is 4.79 Å². The van der Waals surface area contributed by atoms with Gasteiger partial charge in [0.25, 0.3) is 5.56 Å². The molecule has 5 nitrogen and oxygen atoms in total. The van der Waals surface area contributed by atoms with Gasteiger partial charge in [-0.2, -0.15) is 5.10 Å². The van der Waals surface area contributed by atoms with E-state index in [4.69, 9.17) is 4.74 Å². The van der Waals surface area contributed by atoms with Crippen molar-refractivity contribution >= 4 is 16.7 Å². The monoisotopic (exact) mass is 386 g/mol. The number of benzene rings is 2. The number of carbonyl (C=O) groups is 1. The second-order valence-electron chi connectivity index (χ2n) is 6.42. The summed E-state index contributed by atoms with van der Waals surface area (Å²) in [6.45, 7) is 1.99. The SMILES string of the molecule is CCCCCn1nc(C(=O)OCc2cccc(F)c2F)c2ccccc2c1=O. The first-order valence-corrected chi connectivity index (χ1v) is 9.12. The van der Waals surface area contributed by atoms with Crippen LogP contribution in [0.15, 0.2) is 47.3 Å². The predicted octanol–water partition coefficient (Wildman–Crippen LogP) is 4.22. The van der Waals surface area contributed by atoms with Crippen molar-refractivity contribution < 1.29 is 18.3 Å². The van der Waals surface area contributed by atoms with Crippen LogP contribution in [0.4, 0.5) is 8.78 Å². The first kappa shape index (κ1) is 19.7.